The summed E-state index contributed by atoms with van der Waals surface area (Å²) >= 11 is 0. The molecule has 4 N–H and O–H groups in total. The molecule has 4 atom stereocenters. The molecular formula is C22H30N6O. The number of nitrogens with two attached hydrogens (primary N) is 1. The van der Waals surface area contributed by atoms with Crippen LogP contribution >= 0.6 is 0 Å². The first-order chi connectivity index (χ1) is 14.1. The maximum absolute atomic E-state index is 11.8. The van der Waals surface area contributed by atoms with E-state index in [1.807, 2.05) is 37.3 Å². The lowest BCUT2D eigenvalue weighted by atomic mass is 9.73. The van der Waals surface area contributed by atoms with Crippen LogP contribution < -0.4 is 16.5 Å². The molecule has 1 aliphatic heterocycles. The van der Waals surface area contributed by atoms with Crippen molar-refractivity contribution in [3.05, 3.63) is 48.8 Å². The molecule has 29 heavy (non-hydrogen) atoms. The topological polar surface area (TPSA) is 105 Å². The number of pyridine rings is 1. The number of carbonyl (C=O) groups excluding carboxylic acids is 1. The highest BCUT2D eigenvalue weighted by Gasteiger charge is 2.38. The molecule has 2 aliphatic rings. The first-order valence-corrected chi connectivity index (χ1v) is 10.2. The summed E-state index contributed by atoms with van der Waals surface area (Å²) in [5.74, 6) is 6.06. The van der Waals surface area contributed by atoms with E-state index in [-0.39, 0.29) is 30.0 Å². The van der Waals surface area contributed by atoms with Crippen molar-refractivity contribution in [2.75, 3.05) is 6.54 Å². The largest absolute Gasteiger partial charge is 0.333 e. The number of carbonyl (C=O) groups is 1. The lowest BCUT2D eigenvalue weighted by molar-refractivity contribution is 0.246. The van der Waals surface area contributed by atoms with E-state index >= 15 is 0 Å². The summed E-state index contributed by atoms with van der Waals surface area (Å²) in [6, 6.07) is 6.07. The van der Waals surface area contributed by atoms with E-state index < -0.39 is 0 Å². The fraction of sp³-hybridized carbons (Fsp3) is 0.455. The minimum Gasteiger partial charge on any atom is -0.333 e. The van der Waals surface area contributed by atoms with Crippen molar-refractivity contribution in [1.29, 1.82) is 0 Å². The maximum atomic E-state index is 11.8. The molecule has 1 saturated heterocycles. The maximum Gasteiger partial charge on any atom is 0.315 e. The highest BCUT2D eigenvalue weighted by Crippen LogP contribution is 2.38. The number of aromatic nitrogens is 1. The Balaban J connectivity index is 1.86. The summed E-state index contributed by atoms with van der Waals surface area (Å²) in [5.41, 5.74) is 2.75. The summed E-state index contributed by atoms with van der Waals surface area (Å²) in [6.07, 6.45) is 10.8. The predicted octanol–water partition coefficient (Wildman–Crippen LogP) is 2.91. The lowest BCUT2D eigenvalue weighted by Crippen LogP contribution is -2.39. The zero-order valence-corrected chi connectivity index (χ0v) is 16.9. The van der Waals surface area contributed by atoms with Gasteiger partial charge in [0.2, 0.25) is 0 Å². The van der Waals surface area contributed by atoms with Crippen LogP contribution in [0.1, 0.15) is 38.3 Å². The summed E-state index contributed by atoms with van der Waals surface area (Å²) in [6.45, 7) is 6.79. The van der Waals surface area contributed by atoms with Gasteiger partial charge in [0.15, 0.2) is 0 Å². The van der Waals surface area contributed by atoms with Crippen LogP contribution in [0.2, 0.25) is 0 Å². The Morgan fingerprint density at radius 3 is 2.59 bits per heavy atom. The summed E-state index contributed by atoms with van der Waals surface area (Å²) < 4.78 is 0. The van der Waals surface area contributed by atoms with E-state index in [4.69, 9.17) is 5.84 Å². The highest BCUT2D eigenvalue weighted by atomic mass is 16.2. The van der Waals surface area contributed by atoms with Gasteiger partial charge in [-0.25, -0.2) is 4.79 Å². The average molecular weight is 395 g/mol. The number of aliphatic imine (C=N–C) groups is 1. The van der Waals surface area contributed by atoms with Crippen LogP contribution in [-0.2, 0) is 0 Å². The van der Waals surface area contributed by atoms with E-state index in [2.05, 4.69) is 32.3 Å². The Kier molecular flexibility index (Phi) is 7.16. The summed E-state index contributed by atoms with van der Waals surface area (Å²) in [4.78, 5) is 20.8. The molecule has 2 heterocycles. The minimum atomic E-state index is -0.0813. The van der Waals surface area contributed by atoms with Gasteiger partial charge in [-0.2, -0.15) is 5.10 Å². The number of urea groups is 1. The Morgan fingerprint density at radius 2 is 1.97 bits per heavy atom. The Labute approximate surface area is 172 Å². The quantitative estimate of drug-likeness (QED) is 0.392. The first-order valence-electron chi connectivity index (χ1n) is 10.2. The van der Waals surface area contributed by atoms with Crippen LogP contribution in [0.25, 0.3) is 5.57 Å². The van der Waals surface area contributed by atoms with Gasteiger partial charge in [0.1, 0.15) is 0 Å². The van der Waals surface area contributed by atoms with Gasteiger partial charge in [-0.1, -0.05) is 18.7 Å². The number of nitrogens with zero attached hydrogens (tertiary/aromatic N) is 3. The van der Waals surface area contributed by atoms with Crippen molar-refractivity contribution in [3.63, 3.8) is 0 Å². The Morgan fingerprint density at radius 1 is 1.24 bits per heavy atom. The van der Waals surface area contributed by atoms with Gasteiger partial charge >= 0.3 is 6.03 Å². The van der Waals surface area contributed by atoms with Crippen molar-refractivity contribution in [3.8, 4) is 0 Å². The molecule has 154 valence electrons. The average Bonchev–Trinajstić information content (AvgIpc) is 3.08. The molecule has 2 fully saturated rings. The number of hydrogen-bond donors (Lipinski definition) is 3. The van der Waals surface area contributed by atoms with Crippen molar-refractivity contribution in [1.82, 2.24) is 15.6 Å². The van der Waals surface area contributed by atoms with Gasteiger partial charge in [-0.15, -0.1) is 0 Å². The van der Waals surface area contributed by atoms with Crippen LogP contribution in [0.4, 0.5) is 4.79 Å². The summed E-state index contributed by atoms with van der Waals surface area (Å²) in [5, 5.41) is 10.2. The molecule has 0 spiro atoms. The molecule has 2 amide bonds. The molecule has 0 aromatic carbocycles. The van der Waals surface area contributed by atoms with E-state index in [9.17, 15) is 4.79 Å². The third-order valence-corrected chi connectivity index (χ3v) is 5.85. The number of hydrogen-bond acceptors (Lipinski definition) is 5. The number of rotatable bonds is 6. The number of hydrazone groups is 1. The van der Waals surface area contributed by atoms with Crippen LogP contribution in [-0.4, -0.2) is 41.6 Å². The predicted molar refractivity (Wildman–Crippen MR) is 118 cm³/mol. The molecule has 7 heteroatoms. The molecule has 4 unspecified atom stereocenters. The second kappa shape index (κ2) is 10.0. The normalized spacial score (nSPS) is 27.9. The van der Waals surface area contributed by atoms with Crippen LogP contribution in [0.15, 0.2) is 53.2 Å². The third-order valence-electron chi connectivity index (χ3n) is 5.85. The van der Waals surface area contributed by atoms with E-state index in [0.29, 0.717) is 6.54 Å². The van der Waals surface area contributed by atoms with Crippen molar-refractivity contribution >= 4 is 23.5 Å². The molecule has 1 aromatic heterocycles. The van der Waals surface area contributed by atoms with Crippen molar-refractivity contribution in [2.45, 2.75) is 44.7 Å². The molecule has 1 aliphatic carbocycles. The van der Waals surface area contributed by atoms with Gasteiger partial charge in [0, 0.05) is 18.3 Å². The highest BCUT2D eigenvalue weighted by molar-refractivity contribution is 5.91. The zero-order chi connectivity index (χ0) is 20.6. The minimum absolute atomic E-state index is 0.0813. The molecular weight excluding hydrogens is 364 g/mol. The summed E-state index contributed by atoms with van der Waals surface area (Å²) in [7, 11) is 0. The lowest BCUT2D eigenvalue weighted by Gasteiger charge is -2.34. The van der Waals surface area contributed by atoms with Gasteiger partial charge in [-0.05, 0) is 62.3 Å². The van der Waals surface area contributed by atoms with Crippen molar-refractivity contribution < 1.29 is 4.79 Å². The number of amides is 2. The van der Waals surface area contributed by atoms with E-state index in [1.54, 1.807) is 12.4 Å². The Hall–Kier alpha value is -2.96. The van der Waals surface area contributed by atoms with Crippen LogP contribution in [0.3, 0.4) is 0 Å². The van der Waals surface area contributed by atoms with Gasteiger partial charge in [0.05, 0.1) is 30.0 Å². The van der Waals surface area contributed by atoms with Gasteiger partial charge < -0.3 is 16.5 Å². The fourth-order valence-corrected chi connectivity index (χ4v) is 4.35. The molecule has 1 saturated carbocycles. The number of fused-ring (bicyclic) bond motifs is 1. The number of nitrogens with one attached hydrogen (secondary N) is 2. The molecule has 7 nitrogen and oxygen atoms in total. The second-order valence-electron chi connectivity index (χ2n) is 7.57. The van der Waals surface area contributed by atoms with Gasteiger partial charge in [0.25, 0.3) is 0 Å². The molecule has 3 rings (SSSR count). The van der Waals surface area contributed by atoms with E-state index in [1.165, 1.54) is 0 Å². The first kappa shape index (κ1) is 20.8. The third kappa shape index (κ3) is 5.10. The monoisotopic (exact) mass is 394 g/mol. The molecule has 1 aromatic rings. The smallest absolute Gasteiger partial charge is 0.315 e. The van der Waals surface area contributed by atoms with E-state index in [0.717, 1.165) is 42.7 Å². The standard InChI is InChI=1S/C22H30N6O/c1-3-4-12-24-14-21(28-23)17-9-11-20-19(26-22(29)27-20)10-8-16(17)15(2)18-7-5-6-13-25-18/h3-7,12-13,16-17,19-20H,2,8-11,14,23H2,1H3,(H2,26,27,29)/b4-3-,24-12?,28-21-. The Bertz CT molecular complexity index is 801. The van der Waals surface area contributed by atoms with Crippen molar-refractivity contribution in [2.24, 2.45) is 27.8 Å². The molecule has 0 bridgehead atoms. The van der Waals surface area contributed by atoms with Crippen LogP contribution in [0, 0.1) is 11.8 Å². The SMILES string of the molecule is C=C(c1ccccn1)C1CCC2NC(=O)NC2CCC1/C(CN=C/C=C\C)=N\N. The second-order valence-corrected chi connectivity index (χ2v) is 7.57. The zero-order valence-electron chi connectivity index (χ0n) is 16.9. The fourth-order valence-electron chi connectivity index (χ4n) is 4.35. The van der Waals surface area contributed by atoms with Crippen LogP contribution in [0.5, 0.6) is 0 Å². The molecule has 0 radical (unpaired) electrons. The number of allylic oxidation sites excluding steroid dienone is 3. The van der Waals surface area contributed by atoms with Gasteiger partial charge in [-0.3, -0.25) is 9.98 Å².